The monoisotopic (exact) mass is 488 g/mol. The summed E-state index contributed by atoms with van der Waals surface area (Å²) < 4.78 is 82.9. The maximum absolute atomic E-state index is 12.3. The van der Waals surface area contributed by atoms with E-state index in [0.29, 0.717) is 23.1 Å². The van der Waals surface area contributed by atoms with Gasteiger partial charge < -0.3 is 27.6 Å². The summed E-state index contributed by atoms with van der Waals surface area (Å²) >= 11 is 0. The van der Waals surface area contributed by atoms with Crippen molar-refractivity contribution in [1.29, 1.82) is 0 Å². The smallest absolute Gasteiger partial charge is 0.508 e. The summed E-state index contributed by atoms with van der Waals surface area (Å²) in [5, 5.41) is 10.9. The van der Waals surface area contributed by atoms with Crippen LogP contribution in [0.15, 0.2) is 57.8 Å². The molecule has 12 heteroatoms. The van der Waals surface area contributed by atoms with Gasteiger partial charge in [-0.1, -0.05) is 0 Å². The number of fused-ring (bicyclic) bond motifs is 2. The molecule has 33 heavy (non-hydrogen) atoms. The van der Waals surface area contributed by atoms with Crippen molar-refractivity contribution >= 4 is 32.1 Å². The molecule has 2 aromatic heterocycles. The van der Waals surface area contributed by atoms with Gasteiger partial charge in [-0.15, -0.1) is 0 Å². The highest BCUT2D eigenvalue weighted by Gasteiger charge is 2.48. The van der Waals surface area contributed by atoms with E-state index in [4.69, 9.17) is 18.3 Å². The lowest BCUT2D eigenvalue weighted by molar-refractivity contribution is -0.0500. The van der Waals surface area contributed by atoms with E-state index in [1.165, 1.54) is 13.4 Å². The highest BCUT2D eigenvalue weighted by molar-refractivity contribution is 7.88. The van der Waals surface area contributed by atoms with E-state index in [2.05, 4.69) is 4.18 Å². The van der Waals surface area contributed by atoms with Gasteiger partial charge in [-0.25, -0.2) is 0 Å². The summed E-state index contributed by atoms with van der Waals surface area (Å²) in [6.45, 7) is 0.545. The Morgan fingerprint density at radius 3 is 1.91 bits per heavy atom. The zero-order chi connectivity index (χ0) is 24.2. The molecule has 2 aromatic carbocycles. The van der Waals surface area contributed by atoms with Gasteiger partial charge in [0.25, 0.3) is 0 Å². The van der Waals surface area contributed by atoms with Crippen LogP contribution >= 0.6 is 0 Å². The lowest BCUT2D eigenvalue weighted by Crippen LogP contribution is -2.28. The average Bonchev–Trinajstić information content (AvgIpc) is 3.37. The molecule has 0 saturated heterocycles. The van der Waals surface area contributed by atoms with Crippen LogP contribution in [0.1, 0.15) is 11.1 Å². The molecule has 8 nitrogen and oxygen atoms in total. The molecule has 0 amide bonds. The van der Waals surface area contributed by atoms with Crippen molar-refractivity contribution in [1.82, 2.24) is 0 Å². The molecule has 2 heterocycles. The lowest BCUT2D eigenvalue weighted by atomic mass is 10.1. The number of rotatable bonds is 6. The van der Waals surface area contributed by atoms with Gasteiger partial charge in [0, 0.05) is 37.1 Å². The van der Waals surface area contributed by atoms with E-state index >= 15 is 0 Å². The number of furan rings is 2. The molecule has 0 fully saturated rings. The summed E-state index contributed by atoms with van der Waals surface area (Å²) in [6, 6.07) is 8.95. The van der Waals surface area contributed by atoms with E-state index in [-0.39, 0.29) is 17.9 Å². The minimum Gasteiger partial charge on any atom is -0.508 e. The van der Waals surface area contributed by atoms with E-state index in [9.17, 15) is 26.7 Å². The Labute approximate surface area is 186 Å². The van der Waals surface area contributed by atoms with Gasteiger partial charge in [0.2, 0.25) is 0 Å². The number of alkyl halides is 3. The number of hydrogen-bond acceptors (Lipinski definition) is 8. The van der Waals surface area contributed by atoms with Crippen molar-refractivity contribution in [3.8, 4) is 11.5 Å². The number of aromatic hydroxyl groups is 1. The second kappa shape index (κ2) is 9.73. The minimum atomic E-state index is -5.72. The second-order valence-electron chi connectivity index (χ2n) is 6.70. The first kappa shape index (κ1) is 24.4. The summed E-state index contributed by atoms with van der Waals surface area (Å²) in [6.07, 6.45) is 2.93. The van der Waals surface area contributed by atoms with Crippen LogP contribution in [-0.2, 0) is 32.8 Å². The molecule has 0 aliphatic carbocycles. The van der Waals surface area contributed by atoms with Crippen molar-refractivity contribution in [3.63, 3.8) is 0 Å². The van der Waals surface area contributed by atoms with E-state index in [1.807, 2.05) is 6.07 Å². The second-order valence-corrected chi connectivity index (χ2v) is 8.24. The SMILES string of the molecule is COCc1cc(O)cc2occc12.COCc1cc(OS(=O)(=O)C(F)(F)F)cc2occc12. The fourth-order valence-corrected chi connectivity index (χ4v) is 3.46. The maximum atomic E-state index is 12.3. The van der Waals surface area contributed by atoms with Gasteiger partial charge in [0.05, 0.1) is 25.7 Å². The van der Waals surface area contributed by atoms with Crippen LogP contribution in [0.25, 0.3) is 21.9 Å². The Morgan fingerprint density at radius 1 is 0.879 bits per heavy atom. The molecule has 0 aliphatic heterocycles. The average molecular weight is 488 g/mol. The predicted molar refractivity (Wildman–Crippen MR) is 111 cm³/mol. The molecule has 0 radical (unpaired) electrons. The number of phenols is 1. The molecule has 4 aromatic rings. The Morgan fingerprint density at radius 2 is 1.39 bits per heavy atom. The topological polar surface area (TPSA) is 108 Å². The van der Waals surface area contributed by atoms with Gasteiger partial charge in [-0.3, -0.25) is 0 Å². The van der Waals surface area contributed by atoms with Gasteiger partial charge in [0.15, 0.2) is 0 Å². The number of ether oxygens (including phenoxy) is 2. The zero-order valence-electron chi connectivity index (χ0n) is 17.4. The van der Waals surface area contributed by atoms with E-state index in [0.717, 1.165) is 23.1 Å². The minimum absolute atomic E-state index is 0.0687. The first-order valence-corrected chi connectivity index (χ1v) is 10.6. The fraction of sp³-hybridized carbons (Fsp3) is 0.238. The standard InChI is InChI=1S/C11H9F3O5S.C10H10O3/c1-17-6-7-4-8(5-10-9(7)2-3-18-10)19-20(15,16)11(12,13)14;1-12-6-7-4-8(11)5-10-9(7)2-3-13-10/h2-5H,6H2,1H3;2-5,11H,6H2,1H3. The normalized spacial score (nSPS) is 12.0. The first-order chi connectivity index (χ1) is 15.6. The molecular formula is C21H19F3O8S. The highest BCUT2D eigenvalue weighted by atomic mass is 32.2. The van der Waals surface area contributed by atoms with Crippen LogP contribution in [0.3, 0.4) is 0 Å². The van der Waals surface area contributed by atoms with Gasteiger partial charge in [-0.2, -0.15) is 21.6 Å². The van der Waals surface area contributed by atoms with Crippen LogP contribution in [0.5, 0.6) is 11.5 Å². The Balaban J connectivity index is 0.000000203. The number of hydrogen-bond donors (Lipinski definition) is 1. The van der Waals surface area contributed by atoms with Crippen LogP contribution in [0, 0.1) is 0 Å². The van der Waals surface area contributed by atoms with Crippen molar-refractivity contribution in [2.75, 3.05) is 14.2 Å². The number of halogens is 3. The Bertz CT molecular complexity index is 1340. The summed E-state index contributed by atoms with van der Waals surface area (Å²) in [4.78, 5) is 0. The van der Waals surface area contributed by atoms with Gasteiger partial charge >= 0.3 is 15.6 Å². The summed E-state index contributed by atoms with van der Waals surface area (Å²) in [5.41, 5.74) is -3.22. The Hall–Kier alpha value is -3.22. The molecule has 0 atom stereocenters. The van der Waals surface area contributed by atoms with E-state index < -0.39 is 21.4 Å². The first-order valence-electron chi connectivity index (χ1n) is 9.23. The fourth-order valence-electron chi connectivity index (χ4n) is 3.02. The summed E-state index contributed by atoms with van der Waals surface area (Å²) in [5.74, 6) is -0.286. The third-order valence-electron chi connectivity index (χ3n) is 4.36. The quantitative estimate of drug-likeness (QED) is 0.295. The molecule has 0 saturated carbocycles. The largest absolute Gasteiger partial charge is 0.534 e. The van der Waals surface area contributed by atoms with Crippen LogP contribution in [0.2, 0.25) is 0 Å². The third-order valence-corrected chi connectivity index (χ3v) is 5.34. The van der Waals surface area contributed by atoms with E-state index in [1.54, 1.807) is 31.6 Å². The van der Waals surface area contributed by atoms with Crippen molar-refractivity contribution in [2.45, 2.75) is 18.7 Å². The van der Waals surface area contributed by atoms with Crippen LogP contribution in [0.4, 0.5) is 13.2 Å². The number of phenolic OH excluding ortho intramolecular Hbond substituents is 1. The molecule has 4 rings (SSSR count). The molecule has 0 bridgehead atoms. The maximum Gasteiger partial charge on any atom is 0.534 e. The number of benzene rings is 2. The molecule has 178 valence electrons. The number of methoxy groups -OCH3 is 2. The molecule has 0 aliphatic rings. The van der Waals surface area contributed by atoms with Crippen molar-refractivity contribution < 1.29 is 49.2 Å². The Kier molecular flexibility index (Phi) is 7.20. The summed E-state index contributed by atoms with van der Waals surface area (Å²) in [7, 11) is -2.70. The zero-order valence-corrected chi connectivity index (χ0v) is 18.2. The molecular weight excluding hydrogens is 469 g/mol. The predicted octanol–water partition coefficient (Wildman–Crippen LogP) is 5.09. The van der Waals surface area contributed by atoms with Crippen molar-refractivity contribution in [2.24, 2.45) is 0 Å². The van der Waals surface area contributed by atoms with Crippen LogP contribution in [-0.4, -0.2) is 33.3 Å². The third kappa shape index (κ3) is 5.59. The molecule has 0 spiro atoms. The van der Waals surface area contributed by atoms with Gasteiger partial charge in [-0.05, 0) is 35.4 Å². The molecule has 0 unspecified atom stereocenters. The lowest BCUT2D eigenvalue weighted by Gasteiger charge is -2.10. The molecule has 1 N–H and O–H groups in total. The van der Waals surface area contributed by atoms with Crippen LogP contribution < -0.4 is 4.18 Å². The highest BCUT2D eigenvalue weighted by Crippen LogP contribution is 2.31. The van der Waals surface area contributed by atoms with Gasteiger partial charge in [0.1, 0.15) is 22.7 Å². The van der Waals surface area contributed by atoms with Crippen molar-refractivity contribution in [3.05, 3.63) is 60.1 Å².